The number of unbranched alkanes of at least 4 members (excludes halogenated alkanes) is 1. The Hall–Kier alpha value is -1.88. The summed E-state index contributed by atoms with van der Waals surface area (Å²) in [5.41, 5.74) is 3.28. The molecule has 0 saturated carbocycles. The lowest BCUT2D eigenvalue weighted by Gasteiger charge is -2.30. The molecule has 2 amide bonds. The molecule has 2 fully saturated rings. The van der Waals surface area contributed by atoms with Crippen LogP contribution in [0, 0.1) is 25.7 Å². The monoisotopic (exact) mass is 385 g/mol. The molecule has 3 rings (SSSR count). The molecule has 0 aromatic heterocycles. The van der Waals surface area contributed by atoms with Gasteiger partial charge in [-0.15, -0.1) is 0 Å². The number of nitrogens with one attached hydrogen (secondary N) is 1. The molecule has 2 saturated heterocycles. The molecule has 28 heavy (non-hydrogen) atoms. The second kappa shape index (κ2) is 9.55. The predicted molar refractivity (Wildman–Crippen MR) is 113 cm³/mol. The Balaban J connectivity index is 1.39. The van der Waals surface area contributed by atoms with Gasteiger partial charge in [0.2, 0.25) is 11.8 Å². The molecule has 0 radical (unpaired) electrons. The maximum atomic E-state index is 12.7. The summed E-state index contributed by atoms with van der Waals surface area (Å²) in [6.45, 7) is 11.3. The van der Waals surface area contributed by atoms with E-state index in [1.54, 1.807) is 4.90 Å². The molecule has 2 aliphatic rings. The Kier molecular flexibility index (Phi) is 7.11. The predicted octanol–water partition coefficient (Wildman–Crippen LogP) is 3.28. The number of hydrogen-bond donors (Lipinski definition) is 1. The van der Waals surface area contributed by atoms with E-state index in [0.29, 0.717) is 19.5 Å². The molecule has 2 heterocycles. The van der Waals surface area contributed by atoms with E-state index in [2.05, 4.69) is 24.1 Å². The molecule has 0 spiro atoms. The summed E-state index contributed by atoms with van der Waals surface area (Å²) < 4.78 is 0. The van der Waals surface area contributed by atoms with Crippen molar-refractivity contribution >= 4 is 17.5 Å². The highest BCUT2D eigenvalue weighted by atomic mass is 16.2. The van der Waals surface area contributed by atoms with Gasteiger partial charge >= 0.3 is 0 Å². The average molecular weight is 386 g/mol. The molecule has 1 aromatic carbocycles. The van der Waals surface area contributed by atoms with Crippen molar-refractivity contribution in [2.24, 2.45) is 11.8 Å². The summed E-state index contributed by atoms with van der Waals surface area (Å²) in [7, 11) is 0. The third-order valence-electron chi connectivity index (χ3n) is 6.40. The van der Waals surface area contributed by atoms with E-state index in [1.807, 2.05) is 25.1 Å². The van der Waals surface area contributed by atoms with Gasteiger partial charge in [0.25, 0.3) is 0 Å². The Morgan fingerprint density at radius 3 is 2.54 bits per heavy atom. The van der Waals surface area contributed by atoms with Crippen LogP contribution in [-0.4, -0.2) is 49.4 Å². The van der Waals surface area contributed by atoms with E-state index in [-0.39, 0.29) is 11.8 Å². The largest absolute Gasteiger partial charge is 0.355 e. The minimum absolute atomic E-state index is 0.0665. The zero-order valence-corrected chi connectivity index (χ0v) is 17.7. The summed E-state index contributed by atoms with van der Waals surface area (Å²) in [4.78, 5) is 29.5. The highest BCUT2D eigenvalue weighted by Gasteiger charge is 2.37. The molecule has 1 atom stereocenters. The number of benzene rings is 1. The quantitative estimate of drug-likeness (QED) is 0.579. The van der Waals surface area contributed by atoms with Crippen LogP contribution in [0.5, 0.6) is 0 Å². The number of rotatable bonds is 7. The summed E-state index contributed by atoms with van der Waals surface area (Å²) in [6.07, 6.45) is 5.28. The SMILES string of the molecule is Cc1ccc(N2CCC(C(=O)NCCCCN3CCC(C)CC3)C2=O)cc1C. The Morgan fingerprint density at radius 1 is 1.07 bits per heavy atom. The first-order valence-corrected chi connectivity index (χ1v) is 10.8. The summed E-state index contributed by atoms with van der Waals surface area (Å²) in [6, 6.07) is 6.05. The number of carbonyl (C=O) groups is 2. The molecule has 1 unspecified atom stereocenters. The second-order valence-electron chi connectivity index (χ2n) is 8.62. The maximum Gasteiger partial charge on any atom is 0.239 e. The fraction of sp³-hybridized carbons (Fsp3) is 0.652. The van der Waals surface area contributed by atoms with E-state index in [9.17, 15) is 9.59 Å². The molecule has 154 valence electrons. The minimum Gasteiger partial charge on any atom is -0.355 e. The van der Waals surface area contributed by atoms with E-state index >= 15 is 0 Å². The van der Waals surface area contributed by atoms with Gasteiger partial charge in [-0.25, -0.2) is 0 Å². The van der Waals surface area contributed by atoms with Crippen molar-refractivity contribution in [3.63, 3.8) is 0 Å². The molecule has 1 N–H and O–H groups in total. The third-order valence-corrected chi connectivity index (χ3v) is 6.40. The van der Waals surface area contributed by atoms with Crippen LogP contribution in [0.1, 0.15) is 50.2 Å². The normalized spacial score (nSPS) is 21.3. The van der Waals surface area contributed by atoms with Crippen molar-refractivity contribution in [2.45, 2.75) is 52.9 Å². The fourth-order valence-corrected chi connectivity index (χ4v) is 4.15. The number of hydrogen-bond acceptors (Lipinski definition) is 3. The van der Waals surface area contributed by atoms with Crippen LogP contribution in [0.25, 0.3) is 0 Å². The Bertz CT molecular complexity index is 695. The zero-order valence-electron chi connectivity index (χ0n) is 17.7. The first kappa shape index (κ1) is 20.8. The third kappa shape index (κ3) is 5.13. The van der Waals surface area contributed by atoms with Gasteiger partial charge in [0, 0.05) is 18.8 Å². The summed E-state index contributed by atoms with van der Waals surface area (Å²) in [5, 5.41) is 2.99. The molecule has 0 aliphatic carbocycles. The number of aryl methyl sites for hydroxylation is 2. The van der Waals surface area contributed by atoms with Crippen molar-refractivity contribution < 1.29 is 9.59 Å². The molecule has 0 bridgehead atoms. The van der Waals surface area contributed by atoms with Crippen LogP contribution in [0.4, 0.5) is 5.69 Å². The molecular weight excluding hydrogens is 350 g/mol. The van der Waals surface area contributed by atoms with Gasteiger partial charge in [0.1, 0.15) is 5.92 Å². The Labute approximate surface area is 169 Å². The highest BCUT2D eigenvalue weighted by Crippen LogP contribution is 2.27. The maximum absolute atomic E-state index is 12.7. The van der Waals surface area contributed by atoms with E-state index < -0.39 is 5.92 Å². The molecule has 5 nitrogen and oxygen atoms in total. The van der Waals surface area contributed by atoms with Gasteiger partial charge < -0.3 is 15.1 Å². The van der Waals surface area contributed by atoms with E-state index in [0.717, 1.165) is 31.0 Å². The summed E-state index contributed by atoms with van der Waals surface area (Å²) in [5.74, 6) is 0.152. The number of anilines is 1. The summed E-state index contributed by atoms with van der Waals surface area (Å²) >= 11 is 0. The lowest BCUT2D eigenvalue weighted by molar-refractivity contribution is -0.132. The first-order chi connectivity index (χ1) is 13.5. The highest BCUT2D eigenvalue weighted by molar-refractivity contribution is 6.09. The van der Waals surface area contributed by atoms with Crippen molar-refractivity contribution in [3.05, 3.63) is 29.3 Å². The van der Waals surface area contributed by atoms with Crippen LogP contribution < -0.4 is 10.2 Å². The van der Waals surface area contributed by atoms with Crippen molar-refractivity contribution in [3.8, 4) is 0 Å². The number of carbonyl (C=O) groups excluding carboxylic acids is 2. The number of likely N-dealkylation sites (tertiary alicyclic amines) is 1. The lowest BCUT2D eigenvalue weighted by atomic mass is 9.99. The second-order valence-corrected chi connectivity index (χ2v) is 8.62. The van der Waals surface area contributed by atoms with Crippen molar-refractivity contribution in [1.29, 1.82) is 0 Å². The van der Waals surface area contributed by atoms with Crippen LogP contribution >= 0.6 is 0 Å². The fourth-order valence-electron chi connectivity index (χ4n) is 4.15. The number of nitrogens with zero attached hydrogens (tertiary/aromatic N) is 2. The van der Waals surface area contributed by atoms with Gasteiger partial charge in [-0.1, -0.05) is 13.0 Å². The van der Waals surface area contributed by atoms with E-state index in [1.165, 1.54) is 37.1 Å². The van der Waals surface area contributed by atoms with Crippen LogP contribution in [-0.2, 0) is 9.59 Å². The number of amides is 2. The van der Waals surface area contributed by atoms with Gasteiger partial charge in [-0.3, -0.25) is 9.59 Å². The van der Waals surface area contributed by atoms with Crippen molar-refractivity contribution in [1.82, 2.24) is 10.2 Å². The van der Waals surface area contributed by atoms with Gasteiger partial charge in [0.15, 0.2) is 0 Å². The smallest absolute Gasteiger partial charge is 0.239 e. The van der Waals surface area contributed by atoms with Gasteiger partial charge in [-0.2, -0.15) is 0 Å². The van der Waals surface area contributed by atoms with Crippen LogP contribution in [0.15, 0.2) is 18.2 Å². The average Bonchev–Trinajstić information content (AvgIpc) is 3.06. The van der Waals surface area contributed by atoms with Gasteiger partial charge in [0.05, 0.1) is 0 Å². The van der Waals surface area contributed by atoms with Gasteiger partial charge in [-0.05, 0) is 94.8 Å². The first-order valence-electron chi connectivity index (χ1n) is 10.8. The molecule has 2 aliphatic heterocycles. The molecule has 1 aromatic rings. The molecule has 5 heteroatoms. The molecular formula is C23H35N3O2. The standard InChI is InChI=1S/C23H35N3O2/c1-17-8-13-25(14-9-17)12-5-4-11-24-22(27)21-10-15-26(23(21)28)20-7-6-18(2)19(3)16-20/h6-7,16-17,21H,4-5,8-15H2,1-3H3,(H,24,27). The topological polar surface area (TPSA) is 52.7 Å². The number of piperidine rings is 1. The lowest BCUT2D eigenvalue weighted by Crippen LogP contribution is -2.37. The minimum atomic E-state index is -0.537. The van der Waals surface area contributed by atoms with Crippen LogP contribution in [0.2, 0.25) is 0 Å². The van der Waals surface area contributed by atoms with Crippen molar-refractivity contribution in [2.75, 3.05) is 37.6 Å². The Morgan fingerprint density at radius 2 is 1.82 bits per heavy atom. The van der Waals surface area contributed by atoms with E-state index in [4.69, 9.17) is 0 Å². The zero-order chi connectivity index (χ0) is 20.1. The van der Waals surface area contributed by atoms with Crippen LogP contribution in [0.3, 0.4) is 0 Å².